The minimum atomic E-state index is -0.0455. The van der Waals surface area contributed by atoms with Gasteiger partial charge in [0, 0.05) is 24.7 Å². The van der Waals surface area contributed by atoms with E-state index in [1.54, 1.807) is 15.4 Å². The molecular formula is C28H34N6O. The third-order valence-corrected chi connectivity index (χ3v) is 6.26. The molecule has 0 bridgehead atoms. The topological polar surface area (TPSA) is 91.6 Å². The number of aromatic nitrogens is 5. The van der Waals surface area contributed by atoms with Crippen molar-refractivity contribution in [2.24, 2.45) is 0 Å². The van der Waals surface area contributed by atoms with E-state index in [4.69, 9.17) is 5.73 Å². The fraction of sp³-hybridized carbons (Fsp3) is 0.357. The number of nitrogens with two attached hydrogens (primary N) is 1. The van der Waals surface area contributed by atoms with Crippen molar-refractivity contribution in [3.05, 3.63) is 93.8 Å². The van der Waals surface area contributed by atoms with Gasteiger partial charge in [0.05, 0.1) is 12.2 Å². The summed E-state index contributed by atoms with van der Waals surface area (Å²) < 4.78 is 3.37. The molecule has 2 aromatic heterocycles. The van der Waals surface area contributed by atoms with Crippen molar-refractivity contribution in [3.63, 3.8) is 0 Å². The van der Waals surface area contributed by atoms with Crippen LogP contribution in [0.25, 0.3) is 11.3 Å². The Labute approximate surface area is 206 Å². The van der Waals surface area contributed by atoms with Crippen LogP contribution in [0, 0.1) is 0 Å². The fourth-order valence-electron chi connectivity index (χ4n) is 4.20. The molecule has 0 saturated heterocycles. The van der Waals surface area contributed by atoms with Gasteiger partial charge in [-0.15, -0.1) is 0 Å². The van der Waals surface area contributed by atoms with Crippen molar-refractivity contribution in [1.82, 2.24) is 24.3 Å². The van der Waals surface area contributed by atoms with E-state index in [0.717, 1.165) is 41.9 Å². The van der Waals surface area contributed by atoms with Gasteiger partial charge in [-0.05, 0) is 47.9 Å². The Kier molecular flexibility index (Phi) is 7.15. The first-order valence-electron chi connectivity index (χ1n) is 12.2. The predicted octanol–water partition coefficient (Wildman–Crippen LogP) is 4.63. The monoisotopic (exact) mass is 470 g/mol. The quantitative estimate of drug-likeness (QED) is 0.406. The molecule has 2 N–H and O–H groups in total. The molecule has 182 valence electrons. The van der Waals surface area contributed by atoms with Gasteiger partial charge in [-0.2, -0.15) is 5.10 Å². The fourth-order valence-corrected chi connectivity index (χ4v) is 4.20. The second-order valence-electron chi connectivity index (χ2n) is 9.90. The summed E-state index contributed by atoms with van der Waals surface area (Å²) in [5.74, 6) is 1.12. The minimum absolute atomic E-state index is 0.0455. The highest BCUT2D eigenvalue weighted by Gasteiger charge is 2.15. The van der Waals surface area contributed by atoms with Crippen LogP contribution in [0.1, 0.15) is 56.6 Å². The summed E-state index contributed by atoms with van der Waals surface area (Å²) in [6.45, 7) is 9.69. The van der Waals surface area contributed by atoms with Gasteiger partial charge in [0.1, 0.15) is 5.82 Å². The molecular weight excluding hydrogens is 436 g/mol. The largest absolute Gasteiger partial charge is 0.368 e. The number of nitrogens with zero attached hydrogens (tertiary/aromatic N) is 5. The minimum Gasteiger partial charge on any atom is -0.368 e. The summed E-state index contributed by atoms with van der Waals surface area (Å²) in [4.78, 5) is 21.1. The van der Waals surface area contributed by atoms with Crippen molar-refractivity contribution in [2.45, 2.75) is 65.5 Å². The van der Waals surface area contributed by atoms with E-state index in [1.807, 2.05) is 13.0 Å². The average molecular weight is 471 g/mol. The molecule has 0 radical (unpaired) electrons. The molecule has 2 heterocycles. The summed E-state index contributed by atoms with van der Waals surface area (Å²) in [5.41, 5.74) is 11.2. The number of hydrogen-bond acceptors (Lipinski definition) is 5. The molecule has 0 atom stereocenters. The second-order valence-corrected chi connectivity index (χ2v) is 9.90. The summed E-state index contributed by atoms with van der Waals surface area (Å²) in [6, 6.07) is 18.7. The number of rotatable bonds is 8. The SMILES string of the molecule is CCn1c(CCCc2ccc(-c3ccnc(N)n3)cc2)nn(Cc2ccc(C(C)(C)C)cc2)c1=O. The van der Waals surface area contributed by atoms with Crippen LogP contribution in [0.5, 0.6) is 0 Å². The number of aryl methyl sites for hydroxylation is 2. The first-order chi connectivity index (χ1) is 16.7. The first-order valence-corrected chi connectivity index (χ1v) is 12.2. The van der Waals surface area contributed by atoms with Crippen molar-refractivity contribution in [3.8, 4) is 11.3 Å². The Morgan fingerprint density at radius 3 is 2.23 bits per heavy atom. The highest BCUT2D eigenvalue weighted by molar-refractivity contribution is 5.60. The van der Waals surface area contributed by atoms with Gasteiger partial charge < -0.3 is 5.73 Å². The van der Waals surface area contributed by atoms with Crippen LogP contribution in [0.3, 0.4) is 0 Å². The van der Waals surface area contributed by atoms with E-state index in [1.165, 1.54) is 11.1 Å². The molecule has 7 heteroatoms. The Morgan fingerprint density at radius 2 is 1.60 bits per heavy atom. The van der Waals surface area contributed by atoms with Crippen LogP contribution in [0.15, 0.2) is 65.6 Å². The Balaban J connectivity index is 1.40. The van der Waals surface area contributed by atoms with Gasteiger partial charge in [-0.1, -0.05) is 69.3 Å². The molecule has 0 saturated carbocycles. The number of hydrogen-bond donors (Lipinski definition) is 1. The summed E-state index contributed by atoms with van der Waals surface area (Å²) in [6.07, 6.45) is 4.24. The summed E-state index contributed by atoms with van der Waals surface area (Å²) in [5, 5.41) is 4.68. The van der Waals surface area contributed by atoms with Crippen molar-refractivity contribution < 1.29 is 0 Å². The Bertz CT molecular complexity index is 1330. The lowest BCUT2D eigenvalue weighted by atomic mass is 9.87. The van der Waals surface area contributed by atoms with E-state index in [-0.39, 0.29) is 17.1 Å². The van der Waals surface area contributed by atoms with Crippen LogP contribution >= 0.6 is 0 Å². The maximum Gasteiger partial charge on any atom is 0.346 e. The lowest BCUT2D eigenvalue weighted by Crippen LogP contribution is -2.25. The highest BCUT2D eigenvalue weighted by atomic mass is 16.2. The average Bonchev–Trinajstić information content (AvgIpc) is 3.13. The maximum absolute atomic E-state index is 12.9. The van der Waals surface area contributed by atoms with Gasteiger partial charge >= 0.3 is 5.69 Å². The molecule has 0 aliphatic rings. The van der Waals surface area contributed by atoms with Crippen LogP contribution in [0.2, 0.25) is 0 Å². The van der Waals surface area contributed by atoms with Gasteiger partial charge in [-0.3, -0.25) is 4.57 Å². The van der Waals surface area contributed by atoms with Gasteiger partial charge in [0.15, 0.2) is 0 Å². The van der Waals surface area contributed by atoms with Crippen molar-refractivity contribution >= 4 is 5.95 Å². The summed E-state index contributed by atoms with van der Waals surface area (Å²) >= 11 is 0. The normalized spacial score (nSPS) is 11.7. The second kappa shape index (κ2) is 10.3. The zero-order valence-electron chi connectivity index (χ0n) is 21.0. The van der Waals surface area contributed by atoms with E-state index in [0.29, 0.717) is 13.1 Å². The molecule has 7 nitrogen and oxygen atoms in total. The van der Waals surface area contributed by atoms with Gasteiger partial charge in [0.25, 0.3) is 0 Å². The van der Waals surface area contributed by atoms with E-state index < -0.39 is 0 Å². The van der Waals surface area contributed by atoms with Gasteiger partial charge in [-0.25, -0.2) is 19.4 Å². The maximum atomic E-state index is 12.9. The number of anilines is 1. The summed E-state index contributed by atoms with van der Waals surface area (Å²) in [7, 11) is 0. The third kappa shape index (κ3) is 5.85. The highest BCUT2D eigenvalue weighted by Crippen LogP contribution is 2.22. The first kappa shape index (κ1) is 24.4. The molecule has 0 spiro atoms. The van der Waals surface area contributed by atoms with Crippen LogP contribution in [-0.2, 0) is 31.3 Å². The Hall–Kier alpha value is -3.74. The Morgan fingerprint density at radius 1 is 0.914 bits per heavy atom. The molecule has 0 unspecified atom stereocenters. The number of benzene rings is 2. The smallest absolute Gasteiger partial charge is 0.346 e. The number of nitrogen functional groups attached to an aromatic ring is 1. The molecule has 0 fully saturated rings. The molecule has 4 rings (SSSR count). The lowest BCUT2D eigenvalue weighted by Gasteiger charge is -2.19. The zero-order chi connectivity index (χ0) is 25.0. The molecule has 2 aromatic carbocycles. The van der Waals surface area contributed by atoms with Crippen LogP contribution in [0.4, 0.5) is 5.95 Å². The molecule has 0 aliphatic carbocycles. The van der Waals surface area contributed by atoms with E-state index in [9.17, 15) is 4.79 Å². The molecule has 0 aliphatic heterocycles. The third-order valence-electron chi connectivity index (χ3n) is 6.26. The van der Waals surface area contributed by atoms with E-state index in [2.05, 4.69) is 84.4 Å². The van der Waals surface area contributed by atoms with Gasteiger partial charge in [0.2, 0.25) is 5.95 Å². The molecule has 0 amide bonds. The van der Waals surface area contributed by atoms with Crippen LogP contribution in [-0.4, -0.2) is 24.3 Å². The predicted molar refractivity (Wildman–Crippen MR) is 140 cm³/mol. The lowest BCUT2D eigenvalue weighted by molar-refractivity contribution is 0.588. The molecule has 35 heavy (non-hydrogen) atoms. The van der Waals surface area contributed by atoms with Crippen molar-refractivity contribution in [2.75, 3.05) is 5.73 Å². The van der Waals surface area contributed by atoms with Crippen LogP contribution < -0.4 is 11.4 Å². The zero-order valence-corrected chi connectivity index (χ0v) is 21.0. The standard InChI is InChI=1S/C28H34N6O/c1-5-33-25(32-34(27(33)35)19-21-11-15-23(16-12-21)28(2,3)4)8-6-7-20-9-13-22(14-10-20)24-17-18-30-26(29)31-24/h9-18H,5-8,19H2,1-4H3,(H2,29,30,31). The van der Waals surface area contributed by atoms with E-state index >= 15 is 0 Å². The van der Waals surface area contributed by atoms with Crippen molar-refractivity contribution in [1.29, 1.82) is 0 Å². The molecule has 4 aromatic rings.